The molecule has 29 heavy (non-hydrogen) atoms. The Balaban J connectivity index is 2.23. The van der Waals surface area contributed by atoms with Crippen LogP contribution < -0.4 is 20.1 Å². The van der Waals surface area contributed by atoms with Gasteiger partial charge in [0.1, 0.15) is 10.6 Å². The van der Waals surface area contributed by atoms with Gasteiger partial charge in [-0.25, -0.2) is 17.9 Å². The van der Waals surface area contributed by atoms with Crippen molar-refractivity contribution in [1.82, 2.24) is 20.3 Å². The van der Waals surface area contributed by atoms with Crippen molar-refractivity contribution in [2.45, 2.75) is 37.6 Å². The van der Waals surface area contributed by atoms with E-state index in [0.717, 1.165) is 5.69 Å². The van der Waals surface area contributed by atoms with Gasteiger partial charge in [0.05, 0.1) is 19.1 Å². The number of carbonyl (C=O) groups excluding carboxylic acids is 2. The Morgan fingerprint density at radius 2 is 1.97 bits per heavy atom. The minimum Gasteiger partial charge on any atom is -0.492 e. The van der Waals surface area contributed by atoms with Gasteiger partial charge in [0, 0.05) is 18.9 Å². The Bertz CT molecular complexity index is 942. The lowest BCUT2D eigenvalue weighted by molar-refractivity contribution is -0.121. The summed E-state index contributed by atoms with van der Waals surface area (Å²) in [5.41, 5.74) is 1.37. The number of hydrogen-bond acceptors (Lipinski definition) is 5. The number of rotatable bonds is 9. The first-order valence-electron chi connectivity index (χ1n) is 9.23. The summed E-state index contributed by atoms with van der Waals surface area (Å²) in [6.45, 7) is 3.92. The number of nitrogens with one attached hydrogen (secondary N) is 4. The highest BCUT2D eigenvalue weighted by atomic mass is 32.2. The van der Waals surface area contributed by atoms with Gasteiger partial charge >= 0.3 is 6.03 Å². The molecule has 1 unspecified atom stereocenters. The predicted molar refractivity (Wildman–Crippen MR) is 108 cm³/mol. The lowest BCUT2D eigenvalue weighted by atomic mass is 10.1. The zero-order valence-corrected chi connectivity index (χ0v) is 17.4. The number of aromatic nitrogens is 1. The van der Waals surface area contributed by atoms with Gasteiger partial charge in [-0.3, -0.25) is 4.79 Å². The van der Waals surface area contributed by atoms with E-state index < -0.39 is 16.1 Å². The third kappa shape index (κ3) is 5.98. The van der Waals surface area contributed by atoms with Crippen molar-refractivity contribution in [2.75, 3.05) is 13.7 Å². The highest BCUT2D eigenvalue weighted by Gasteiger charge is 2.23. The highest BCUT2D eigenvalue weighted by molar-refractivity contribution is 7.90. The molecule has 0 aliphatic carbocycles. The van der Waals surface area contributed by atoms with Gasteiger partial charge in [0.15, 0.2) is 0 Å². The molecule has 0 radical (unpaired) electrons. The first-order valence-corrected chi connectivity index (χ1v) is 10.7. The van der Waals surface area contributed by atoms with Crippen LogP contribution in [0.2, 0.25) is 0 Å². The summed E-state index contributed by atoms with van der Waals surface area (Å²) >= 11 is 0. The van der Waals surface area contributed by atoms with Gasteiger partial charge in [0.25, 0.3) is 10.0 Å². The molecule has 0 fully saturated rings. The third-order valence-electron chi connectivity index (χ3n) is 4.16. The van der Waals surface area contributed by atoms with E-state index in [2.05, 4.69) is 15.6 Å². The SMILES string of the molecule is CCOc1ccc(CC(=O)NC(CC)c2ccc[nH]2)cc1S(=O)(=O)NC(=O)NC. The molecule has 1 aromatic carbocycles. The van der Waals surface area contributed by atoms with Crippen LogP contribution in [0.15, 0.2) is 41.4 Å². The van der Waals surface area contributed by atoms with Crippen LogP contribution in [-0.4, -0.2) is 39.0 Å². The number of amides is 3. The van der Waals surface area contributed by atoms with E-state index in [9.17, 15) is 18.0 Å². The summed E-state index contributed by atoms with van der Waals surface area (Å²) in [6, 6.07) is 7.15. The van der Waals surface area contributed by atoms with Gasteiger partial charge < -0.3 is 20.4 Å². The molecule has 1 aromatic heterocycles. The van der Waals surface area contributed by atoms with Crippen LogP contribution in [0.1, 0.15) is 37.6 Å². The number of hydrogen-bond donors (Lipinski definition) is 4. The van der Waals surface area contributed by atoms with E-state index in [-0.39, 0.29) is 35.6 Å². The molecule has 2 rings (SSSR count). The molecular formula is C19H26N4O5S. The smallest absolute Gasteiger partial charge is 0.328 e. The fourth-order valence-electron chi connectivity index (χ4n) is 2.77. The van der Waals surface area contributed by atoms with E-state index >= 15 is 0 Å². The minimum atomic E-state index is -4.17. The number of benzene rings is 1. The van der Waals surface area contributed by atoms with Crippen LogP contribution in [0.5, 0.6) is 5.75 Å². The van der Waals surface area contributed by atoms with Crippen molar-refractivity contribution in [3.05, 3.63) is 47.8 Å². The number of ether oxygens (including phenoxy) is 1. The average molecular weight is 423 g/mol. The molecule has 0 aliphatic rings. The number of aromatic amines is 1. The lowest BCUT2D eigenvalue weighted by Crippen LogP contribution is -2.37. The maximum Gasteiger partial charge on any atom is 0.328 e. The topological polar surface area (TPSA) is 129 Å². The number of H-pyrrole nitrogens is 1. The highest BCUT2D eigenvalue weighted by Crippen LogP contribution is 2.26. The summed E-state index contributed by atoms with van der Waals surface area (Å²) in [5, 5.41) is 5.12. The van der Waals surface area contributed by atoms with Crippen LogP contribution in [-0.2, 0) is 21.2 Å². The Morgan fingerprint density at radius 1 is 1.21 bits per heavy atom. The van der Waals surface area contributed by atoms with Crippen LogP contribution in [0.25, 0.3) is 0 Å². The van der Waals surface area contributed by atoms with E-state index in [1.165, 1.54) is 19.2 Å². The summed E-state index contributed by atoms with van der Waals surface area (Å²) in [4.78, 5) is 26.8. The molecule has 0 saturated heterocycles. The number of carbonyl (C=O) groups is 2. The summed E-state index contributed by atoms with van der Waals surface area (Å²) < 4.78 is 32.4. The minimum absolute atomic E-state index is 0.0217. The second kappa shape index (κ2) is 9.97. The fourth-order valence-corrected chi connectivity index (χ4v) is 3.92. The van der Waals surface area contributed by atoms with Crippen molar-refractivity contribution in [3.8, 4) is 5.75 Å². The Labute approximate surface area is 170 Å². The van der Waals surface area contributed by atoms with E-state index in [4.69, 9.17) is 4.74 Å². The van der Waals surface area contributed by atoms with Crippen molar-refractivity contribution in [1.29, 1.82) is 0 Å². The van der Waals surface area contributed by atoms with Crippen molar-refractivity contribution < 1.29 is 22.7 Å². The summed E-state index contributed by atoms with van der Waals surface area (Å²) in [7, 11) is -2.86. The maximum atomic E-state index is 12.6. The van der Waals surface area contributed by atoms with Crippen LogP contribution in [0.4, 0.5) is 4.79 Å². The van der Waals surface area contributed by atoms with E-state index in [1.807, 2.05) is 23.8 Å². The Hall–Kier alpha value is -3.01. The molecule has 0 spiro atoms. The number of sulfonamides is 1. The monoisotopic (exact) mass is 422 g/mol. The lowest BCUT2D eigenvalue weighted by Gasteiger charge is -2.17. The zero-order valence-electron chi connectivity index (χ0n) is 16.6. The molecule has 0 aliphatic heterocycles. The summed E-state index contributed by atoms with van der Waals surface area (Å²) in [6.07, 6.45) is 2.46. The van der Waals surface area contributed by atoms with Gasteiger partial charge in [0.2, 0.25) is 5.91 Å². The van der Waals surface area contributed by atoms with Crippen LogP contribution >= 0.6 is 0 Å². The molecule has 158 valence electrons. The molecule has 4 N–H and O–H groups in total. The zero-order chi connectivity index (χ0) is 21.4. The quantitative estimate of drug-likeness (QED) is 0.490. The maximum absolute atomic E-state index is 12.6. The van der Waals surface area contributed by atoms with Gasteiger partial charge in [-0.1, -0.05) is 13.0 Å². The van der Waals surface area contributed by atoms with Gasteiger partial charge in [-0.15, -0.1) is 0 Å². The second-order valence-electron chi connectivity index (χ2n) is 6.23. The molecule has 3 amide bonds. The van der Waals surface area contributed by atoms with Crippen LogP contribution in [0, 0.1) is 0 Å². The molecule has 9 nitrogen and oxygen atoms in total. The standard InChI is InChI=1S/C19H26N4O5S/c1-4-14(15-7-6-10-21-15)22-18(24)12-13-8-9-16(28-5-2)17(11-13)29(26,27)23-19(25)20-3/h6-11,14,21H,4-5,12H2,1-3H3,(H,22,24)(H2,20,23,25). The Kier molecular flexibility index (Phi) is 7.66. The van der Waals surface area contributed by atoms with Gasteiger partial charge in [-0.05, 0) is 43.2 Å². The Morgan fingerprint density at radius 3 is 2.55 bits per heavy atom. The van der Waals surface area contributed by atoms with Crippen molar-refractivity contribution in [2.24, 2.45) is 0 Å². The first-order chi connectivity index (χ1) is 13.8. The van der Waals surface area contributed by atoms with Crippen LogP contribution in [0.3, 0.4) is 0 Å². The fraction of sp³-hybridized carbons (Fsp3) is 0.368. The van der Waals surface area contributed by atoms with E-state index in [1.54, 1.807) is 19.2 Å². The molecule has 0 bridgehead atoms. The second-order valence-corrected chi connectivity index (χ2v) is 7.88. The molecule has 2 aromatic rings. The molecular weight excluding hydrogens is 396 g/mol. The van der Waals surface area contributed by atoms with Gasteiger partial charge in [-0.2, -0.15) is 0 Å². The molecule has 0 saturated carbocycles. The first kappa shape index (κ1) is 22.3. The predicted octanol–water partition coefficient (Wildman–Crippen LogP) is 1.84. The summed E-state index contributed by atoms with van der Waals surface area (Å²) in [5.74, 6) is -0.149. The van der Waals surface area contributed by atoms with Crippen molar-refractivity contribution >= 4 is 22.0 Å². The van der Waals surface area contributed by atoms with Crippen molar-refractivity contribution in [3.63, 3.8) is 0 Å². The molecule has 1 heterocycles. The molecule has 10 heteroatoms. The number of urea groups is 1. The average Bonchev–Trinajstić information content (AvgIpc) is 3.21. The largest absolute Gasteiger partial charge is 0.492 e. The molecule has 1 atom stereocenters. The third-order valence-corrected chi connectivity index (χ3v) is 5.51. The normalized spacial score (nSPS) is 12.1. The van der Waals surface area contributed by atoms with E-state index in [0.29, 0.717) is 12.0 Å².